The van der Waals surface area contributed by atoms with Crippen molar-refractivity contribution in [1.82, 2.24) is 0 Å². The topological polar surface area (TPSA) is 0 Å². The summed E-state index contributed by atoms with van der Waals surface area (Å²) in [6, 6.07) is 0. The van der Waals surface area contributed by atoms with Crippen molar-refractivity contribution in [3.05, 3.63) is 12.2 Å². The Hall–Kier alpha value is -0.260. The molecular formula is C18H36. The van der Waals surface area contributed by atoms with E-state index in [2.05, 4.69) is 74.5 Å². The summed E-state index contributed by atoms with van der Waals surface area (Å²) in [5.41, 5.74) is 0.836. The maximum Gasteiger partial charge on any atom is -0.0208 e. The van der Waals surface area contributed by atoms with Crippen molar-refractivity contribution in [2.45, 2.75) is 75.2 Å². The fraction of sp³-hybridized carbons (Fsp3) is 0.889. The van der Waals surface area contributed by atoms with Crippen LogP contribution in [0.5, 0.6) is 0 Å². The Balaban J connectivity index is 4.44. The van der Waals surface area contributed by atoms with Crippen LogP contribution >= 0.6 is 0 Å². The van der Waals surface area contributed by atoms with E-state index in [1.165, 1.54) is 12.8 Å². The van der Waals surface area contributed by atoms with Gasteiger partial charge in [-0.3, -0.25) is 0 Å². The molecule has 0 N–H and O–H groups in total. The Kier molecular flexibility index (Phi) is 6.68. The second-order valence-electron chi connectivity index (χ2n) is 7.88. The van der Waals surface area contributed by atoms with Crippen molar-refractivity contribution >= 4 is 0 Å². The molecule has 0 aliphatic heterocycles. The van der Waals surface area contributed by atoms with Crippen molar-refractivity contribution in [3.63, 3.8) is 0 Å². The summed E-state index contributed by atoms with van der Waals surface area (Å²) in [5, 5.41) is 0. The van der Waals surface area contributed by atoms with Gasteiger partial charge in [0.2, 0.25) is 0 Å². The molecule has 0 rings (SSSR count). The molecule has 0 radical (unpaired) electrons. The van der Waals surface area contributed by atoms with E-state index < -0.39 is 0 Å². The van der Waals surface area contributed by atoms with Crippen LogP contribution < -0.4 is 0 Å². The maximum atomic E-state index is 2.43. The van der Waals surface area contributed by atoms with Gasteiger partial charge < -0.3 is 0 Å². The van der Waals surface area contributed by atoms with Crippen LogP contribution in [0.25, 0.3) is 0 Å². The first-order valence-corrected chi connectivity index (χ1v) is 7.66. The number of allylic oxidation sites excluding steroid dienone is 2. The Morgan fingerprint density at radius 1 is 0.833 bits per heavy atom. The molecule has 0 aromatic carbocycles. The zero-order valence-electron chi connectivity index (χ0n) is 14.3. The first-order chi connectivity index (χ1) is 8.03. The van der Waals surface area contributed by atoms with Gasteiger partial charge >= 0.3 is 0 Å². The van der Waals surface area contributed by atoms with Gasteiger partial charge in [0.1, 0.15) is 0 Å². The highest BCUT2D eigenvalue weighted by atomic mass is 14.4. The van der Waals surface area contributed by atoms with Crippen LogP contribution in [0.1, 0.15) is 75.2 Å². The van der Waals surface area contributed by atoms with E-state index in [4.69, 9.17) is 0 Å². The smallest absolute Gasteiger partial charge is 0.0208 e. The highest BCUT2D eigenvalue weighted by Gasteiger charge is 2.31. The van der Waals surface area contributed by atoms with E-state index in [9.17, 15) is 0 Å². The lowest BCUT2D eigenvalue weighted by atomic mass is 9.67. The molecule has 0 bridgehead atoms. The van der Waals surface area contributed by atoms with Crippen LogP contribution in [0.4, 0.5) is 0 Å². The summed E-state index contributed by atoms with van der Waals surface area (Å²) < 4.78 is 0. The van der Waals surface area contributed by atoms with Crippen molar-refractivity contribution in [3.8, 4) is 0 Å². The van der Waals surface area contributed by atoms with Crippen LogP contribution in [-0.2, 0) is 0 Å². The molecule has 0 fully saturated rings. The molecule has 0 amide bonds. The third-order valence-corrected chi connectivity index (χ3v) is 5.44. The number of rotatable bonds is 6. The quantitative estimate of drug-likeness (QED) is 0.485. The molecule has 0 aromatic heterocycles. The normalized spacial score (nSPS) is 18.9. The van der Waals surface area contributed by atoms with Gasteiger partial charge in [-0.2, -0.15) is 0 Å². The van der Waals surface area contributed by atoms with Crippen LogP contribution in [0.3, 0.4) is 0 Å². The van der Waals surface area contributed by atoms with Crippen molar-refractivity contribution in [2.75, 3.05) is 0 Å². The predicted octanol–water partition coefficient (Wildman–Crippen LogP) is 6.32. The minimum Gasteiger partial charge on any atom is -0.0914 e. The average molecular weight is 252 g/mol. The molecule has 0 heteroatoms. The van der Waals surface area contributed by atoms with E-state index >= 15 is 0 Å². The van der Waals surface area contributed by atoms with Crippen molar-refractivity contribution in [1.29, 1.82) is 0 Å². The minimum absolute atomic E-state index is 0.393. The van der Waals surface area contributed by atoms with Crippen LogP contribution in [-0.4, -0.2) is 0 Å². The standard InChI is InChI=1S/C18H36/c1-10-11-15(3)18(8,9)16(4)13-12-14(2)17(5,6)7/h10-11,14-16H,12-13H2,1-9H3. The maximum absolute atomic E-state index is 2.43. The molecule has 108 valence electrons. The summed E-state index contributed by atoms with van der Waals surface area (Å²) >= 11 is 0. The molecule has 0 aromatic rings. The van der Waals surface area contributed by atoms with E-state index in [1.54, 1.807) is 0 Å². The van der Waals surface area contributed by atoms with Gasteiger partial charge in [-0.25, -0.2) is 0 Å². The van der Waals surface area contributed by atoms with Gasteiger partial charge in [0, 0.05) is 0 Å². The minimum atomic E-state index is 0.393. The van der Waals surface area contributed by atoms with Crippen LogP contribution in [0.2, 0.25) is 0 Å². The van der Waals surface area contributed by atoms with Gasteiger partial charge in [0.15, 0.2) is 0 Å². The van der Waals surface area contributed by atoms with Gasteiger partial charge in [0.05, 0.1) is 0 Å². The van der Waals surface area contributed by atoms with E-state index in [1.807, 2.05) is 0 Å². The van der Waals surface area contributed by atoms with E-state index in [0.717, 1.165) is 11.8 Å². The molecule has 3 atom stereocenters. The predicted molar refractivity (Wildman–Crippen MR) is 84.8 cm³/mol. The summed E-state index contributed by atoms with van der Waals surface area (Å²) in [4.78, 5) is 0. The largest absolute Gasteiger partial charge is 0.0914 e. The zero-order chi connectivity index (χ0) is 14.6. The van der Waals surface area contributed by atoms with Crippen molar-refractivity contribution in [2.24, 2.45) is 28.6 Å². The summed E-state index contributed by atoms with van der Waals surface area (Å²) in [6.07, 6.45) is 7.23. The van der Waals surface area contributed by atoms with Gasteiger partial charge in [-0.15, -0.1) is 0 Å². The zero-order valence-corrected chi connectivity index (χ0v) is 14.3. The molecule has 0 aliphatic rings. The summed E-state index contributed by atoms with van der Waals surface area (Å²) in [5.74, 6) is 2.23. The van der Waals surface area contributed by atoms with Crippen molar-refractivity contribution < 1.29 is 0 Å². The highest BCUT2D eigenvalue weighted by molar-refractivity contribution is 4.93. The van der Waals surface area contributed by atoms with E-state index in [0.29, 0.717) is 16.7 Å². The summed E-state index contributed by atoms with van der Waals surface area (Å²) in [7, 11) is 0. The Morgan fingerprint density at radius 3 is 1.67 bits per heavy atom. The molecule has 0 spiro atoms. The third-order valence-electron chi connectivity index (χ3n) is 5.44. The first-order valence-electron chi connectivity index (χ1n) is 7.66. The lowest BCUT2D eigenvalue weighted by Crippen LogP contribution is -2.29. The lowest BCUT2D eigenvalue weighted by Gasteiger charge is -2.38. The van der Waals surface area contributed by atoms with Gasteiger partial charge in [-0.05, 0) is 48.3 Å². The Morgan fingerprint density at radius 2 is 1.28 bits per heavy atom. The van der Waals surface area contributed by atoms with Crippen LogP contribution in [0, 0.1) is 28.6 Å². The first kappa shape index (κ1) is 17.7. The number of hydrogen-bond donors (Lipinski definition) is 0. The second-order valence-corrected chi connectivity index (χ2v) is 7.88. The summed E-state index contributed by atoms with van der Waals surface area (Å²) in [6.45, 7) is 21.2. The number of hydrogen-bond acceptors (Lipinski definition) is 0. The molecule has 3 unspecified atom stereocenters. The van der Waals surface area contributed by atoms with Gasteiger partial charge in [-0.1, -0.05) is 67.5 Å². The van der Waals surface area contributed by atoms with Crippen LogP contribution in [0.15, 0.2) is 12.2 Å². The van der Waals surface area contributed by atoms with Gasteiger partial charge in [0.25, 0.3) is 0 Å². The molecule has 0 saturated heterocycles. The lowest BCUT2D eigenvalue weighted by molar-refractivity contribution is 0.139. The van der Waals surface area contributed by atoms with E-state index in [-0.39, 0.29) is 0 Å². The molecule has 0 saturated carbocycles. The highest BCUT2D eigenvalue weighted by Crippen LogP contribution is 2.40. The SMILES string of the molecule is CC=CC(C)C(C)(C)C(C)CCC(C)C(C)(C)C. The second kappa shape index (κ2) is 6.78. The Labute approximate surface area is 116 Å². The molecule has 0 nitrogen and oxygen atoms in total. The average Bonchev–Trinajstić information content (AvgIpc) is 2.24. The molecular weight excluding hydrogens is 216 g/mol. The fourth-order valence-electron chi connectivity index (χ4n) is 2.29. The fourth-order valence-corrected chi connectivity index (χ4v) is 2.29. The third kappa shape index (κ3) is 5.16. The Bertz CT molecular complexity index is 252. The monoisotopic (exact) mass is 252 g/mol. The molecule has 0 heterocycles. The molecule has 18 heavy (non-hydrogen) atoms. The molecule has 0 aliphatic carbocycles.